The third-order valence-corrected chi connectivity index (χ3v) is 13.1. The van der Waals surface area contributed by atoms with E-state index in [1.807, 2.05) is 28.1 Å². The highest BCUT2D eigenvalue weighted by molar-refractivity contribution is 7.10. The molecular weight excluding hydrogens is 833 g/mol. The number of pyridine rings is 2. The molecule has 0 unspecified atom stereocenters. The maximum Gasteiger partial charge on any atom is 0.252 e. The van der Waals surface area contributed by atoms with Gasteiger partial charge in [0.05, 0.1) is 53.0 Å². The van der Waals surface area contributed by atoms with E-state index in [1.165, 1.54) is 20.9 Å². The number of amides is 2. The number of fused-ring (bicyclic) bond motifs is 4. The molecule has 2 aliphatic rings. The van der Waals surface area contributed by atoms with Crippen LogP contribution in [-0.2, 0) is 39.0 Å². The maximum atomic E-state index is 11.9. The molecule has 0 spiro atoms. The number of aromatic nitrogens is 8. The van der Waals surface area contributed by atoms with Crippen LogP contribution in [0.1, 0.15) is 71.5 Å². The molecule has 0 atom stereocenters. The van der Waals surface area contributed by atoms with Gasteiger partial charge in [-0.2, -0.15) is 0 Å². The predicted molar refractivity (Wildman–Crippen MR) is 247 cm³/mol. The van der Waals surface area contributed by atoms with Crippen LogP contribution in [-0.4, -0.2) is 87.5 Å². The maximum absolute atomic E-state index is 11.9. The summed E-state index contributed by atoms with van der Waals surface area (Å²) in [4.78, 5) is 59.7. The van der Waals surface area contributed by atoms with E-state index in [0.717, 1.165) is 86.3 Å². The Morgan fingerprint density at radius 2 is 1.25 bits per heavy atom. The fraction of sp³-hybridized carbons (Fsp3) is 0.289. The number of anilines is 2. The Morgan fingerprint density at radius 1 is 0.698 bits per heavy atom. The van der Waals surface area contributed by atoms with E-state index in [4.69, 9.17) is 31.4 Å². The van der Waals surface area contributed by atoms with Gasteiger partial charge in [0.1, 0.15) is 23.0 Å². The van der Waals surface area contributed by atoms with Crippen molar-refractivity contribution in [1.82, 2.24) is 48.5 Å². The smallest absolute Gasteiger partial charge is 0.252 e. The Balaban J connectivity index is 0.000000160. The summed E-state index contributed by atoms with van der Waals surface area (Å²) in [5, 5.41) is 11.2. The van der Waals surface area contributed by atoms with Gasteiger partial charge in [-0.1, -0.05) is 12.1 Å². The lowest BCUT2D eigenvalue weighted by Gasteiger charge is -2.16. The van der Waals surface area contributed by atoms with Crippen LogP contribution < -0.4 is 22.1 Å². The van der Waals surface area contributed by atoms with Crippen molar-refractivity contribution in [1.29, 1.82) is 0 Å². The molecule has 0 aliphatic carbocycles. The minimum atomic E-state index is -0.505. The van der Waals surface area contributed by atoms with Gasteiger partial charge < -0.3 is 31.9 Å². The van der Waals surface area contributed by atoms with E-state index < -0.39 is 11.8 Å². The number of imidazole rings is 2. The monoisotopic (exact) mass is 880 g/mol. The average Bonchev–Trinajstić information content (AvgIpc) is 4.08. The molecule has 322 valence electrons. The van der Waals surface area contributed by atoms with Crippen LogP contribution in [0.5, 0.6) is 0 Å². The summed E-state index contributed by atoms with van der Waals surface area (Å²) in [6.45, 7) is 6.90. The number of nitrogens with one attached hydrogen (secondary N) is 2. The van der Waals surface area contributed by atoms with Gasteiger partial charge in [0.25, 0.3) is 11.8 Å². The van der Waals surface area contributed by atoms with Gasteiger partial charge in [-0.3, -0.25) is 18.4 Å². The number of aryl methyl sites for hydroxylation is 1. The highest BCUT2D eigenvalue weighted by atomic mass is 32.1. The van der Waals surface area contributed by atoms with E-state index in [9.17, 15) is 9.59 Å². The largest absolute Gasteiger partial charge is 0.366 e. The Kier molecular flexibility index (Phi) is 11.9. The van der Waals surface area contributed by atoms with Crippen LogP contribution in [0.25, 0.3) is 34.3 Å². The standard InChI is InChI=1S/C23H25N7OS.C22H23N7OS/c1-14-19(30-10-4-8-17(20(24)31)23(30)26-14)22-27-18-13-29(2)9-3-7-16(18)21(28-22)25-12-15-6-5-11-32-15;1-28-8-2-6-15-17(13-28)26-21(27-20(15)24-11-14-5-4-10-31-14)22-25-12-18-16(19(23)30)7-3-9-29(18)22/h4-6,8,10-11H,3,7,9,12-13H2,1-2H3,(H2,24,31)(H,25,27,28);3-5,7,9-10,12H,2,6,8,11,13H2,1H3,(H2,23,30)(H,24,26,27). The molecule has 10 heterocycles. The number of nitrogens with two attached hydrogens (primary N) is 2. The SMILES string of the molecule is CN1CCCc2c(nc(-c3ncc4c(C(N)=O)cccn34)nc2NCc2cccs2)C1.Cc1nc2c(C(N)=O)cccn2c1-c1nc2c(c(NCc3cccs3)n1)CCCN(C)C2. The number of carbonyl (C=O) groups is 2. The zero-order valence-corrected chi connectivity index (χ0v) is 37.0. The fourth-order valence-electron chi connectivity index (χ4n) is 8.27. The van der Waals surface area contributed by atoms with Gasteiger partial charge in [0.2, 0.25) is 0 Å². The Morgan fingerprint density at radius 3 is 1.83 bits per heavy atom. The van der Waals surface area contributed by atoms with Crippen molar-refractivity contribution < 1.29 is 9.59 Å². The molecule has 10 rings (SSSR count). The first-order valence-corrected chi connectivity index (χ1v) is 22.6. The van der Waals surface area contributed by atoms with Gasteiger partial charge in [-0.15, -0.1) is 22.7 Å². The molecule has 0 aromatic carbocycles. The molecule has 6 N–H and O–H groups in total. The van der Waals surface area contributed by atoms with Gasteiger partial charge in [0, 0.05) is 46.4 Å². The second-order valence-electron chi connectivity index (χ2n) is 15.8. The van der Waals surface area contributed by atoms with Crippen LogP contribution in [0.15, 0.2) is 77.9 Å². The fourth-order valence-corrected chi connectivity index (χ4v) is 9.56. The molecule has 18 heteroatoms. The lowest BCUT2D eigenvalue weighted by Crippen LogP contribution is -2.18. The summed E-state index contributed by atoms with van der Waals surface area (Å²) in [6.07, 6.45) is 9.37. The first-order valence-electron chi connectivity index (χ1n) is 20.8. The van der Waals surface area contributed by atoms with Crippen LogP contribution >= 0.6 is 22.7 Å². The molecule has 8 aromatic heterocycles. The van der Waals surface area contributed by atoms with Crippen LogP contribution in [0.3, 0.4) is 0 Å². The van der Waals surface area contributed by atoms with Crippen molar-refractivity contribution in [2.45, 2.75) is 58.8 Å². The van der Waals surface area contributed by atoms with Crippen LogP contribution in [0, 0.1) is 6.92 Å². The van der Waals surface area contributed by atoms with E-state index in [-0.39, 0.29) is 0 Å². The average molecular weight is 881 g/mol. The minimum absolute atomic E-state index is 0.382. The number of thiophene rings is 2. The van der Waals surface area contributed by atoms with Gasteiger partial charge in [-0.05, 0) is 107 Å². The molecule has 0 bridgehead atoms. The molecule has 0 radical (unpaired) electrons. The summed E-state index contributed by atoms with van der Waals surface area (Å²) >= 11 is 3.44. The molecular formula is C45H48N14O2S2. The van der Waals surface area contributed by atoms with E-state index in [1.54, 1.807) is 53.1 Å². The Bertz CT molecular complexity index is 2940. The lowest BCUT2D eigenvalue weighted by molar-refractivity contribution is 0.0993. The van der Waals surface area contributed by atoms with Crippen molar-refractivity contribution in [2.75, 3.05) is 37.8 Å². The van der Waals surface area contributed by atoms with Crippen molar-refractivity contribution in [3.63, 3.8) is 0 Å². The number of hydrogen-bond donors (Lipinski definition) is 4. The lowest BCUT2D eigenvalue weighted by atomic mass is 10.1. The molecule has 2 aliphatic heterocycles. The minimum Gasteiger partial charge on any atom is -0.366 e. The van der Waals surface area contributed by atoms with E-state index in [2.05, 4.69) is 79.5 Å². The molecule has 0 saturated carbocycles. The summed E-state index contributed by atoms with van der Waals surface area (Å²) < 4.78 is 3.69. The van der Waals surface area contributed by atoms with Crippen LogP contribution in [0.2, 0.25) is 0 Å². The Labute approximate surface area is 372 Å². The summed E-state index contributed by atoms with van der Waals surface area (Å²) in [7, 11) is 4.23. The predicted octanol–water partition coefficient (Wildman–Crippen LogP) is 6.19. The zero-order valence-electron chi connectivity index (χ0n) is 35.3. The van der Waals surface area contributed by atoms with Crippen molar-refractivity contribution >= 4 is 57.3 Å². The quantitative estimate of drug-likeness (QED) is 0.122. The van der Waals surface area contributed by atoms with Crippen molar-refractivity contribution in [2.24, 2.45) is 11.5 Å². The number of hydrogen-bond acceptors (Lipinski definition) is 14. The van der Waals surface area contributed by atoms with Gasteiger partial charge >= 0.3 is 0 Å². The summed E-state index contributed by atoms with van der Waals surface area (Å²) in [5.41, 5.74) is 19.0. The molecule has 16 nitrogen and oxygen atoms in total. The van der Waals surface area contributed by atoms with Gasteiger partial charge in [0.15, 0.2) is 17.5 Å². The number of nitrogens with zero attached hydrogens (tertiary/aromatic N) is 10. The van der Waals surface area contributed by atoms with E-state index in [0.29, 0.717) is 52.9 Å². The topological polar surface area (TPSA) is 203 Å². The number of carbonyl (C=O) groups excluding carboxylic acids is 2. The molecule has 0 fully saturated rings. The second-order valence-corrected chi connectivity index (χ2v) is 17.9. The first kappa shape index (κ1) is 41.7. The Hall–Kier alpha value is -6.60. The number of primary amides is 2. The molecule has 63 heavy (non-hydrogen) atoms. The normalized spacial score (nSPS) is 14.3. The van der Waals surface area contributed by atoms with Crippen molar-refractivity contribution in [3.8, 4) is 23.2 Å². The third kappa shape index (κ3) is 8.75. The molecule has 8 aromatic rings. The third-order valence-electron chi connectivity index (χ3n) is 11.3. The highest BCUT2D eigenvalue weighted by Crippen LogP contribution is 2.31. The van der Waals surface area contributed by atoms with E-state index >= 15 is 0 Å². The zero-order chi connectivity index (χ0) is 43.6. The highest BCUT2D eigenvalue weighted by Gasteiger charge is 2.25. The molecule has 0 saturated heterocycles. The summed E-state index contributed by atoms with van der Waals surface area (Å²) in [6, 6.07) is 15.3. The van der Waals surface area contributed by atoms with Gasteiger partial charge in [-0.25, -0.2) is 29.9 Å². The second kappa shape index (κ2) is 18.0. The first-order chi connectivity index (χ1) is 30.6. The summed E-state index contributed by atoms with van der Waals surface area (Å²) in [5.74, 6) is 2.45. The molecule has 2 amide bonds. The van der Waals surface area contributed by atoms with Crippen molar-refractivity contribution in [3.05, 3.63) is 127 Å². The number of rotatable bonds is 10. The van der Waals surface area contributed by atoms with Crippen LogP contribution in [0.4, 0.5) is 11.6 Å².